The molecule has 0 heterocycles. The molecule has 0 spiro atoms. The standard InChI is InChI=1S/C16H17NO6S2/c1-11-4-7-14(8-5-11)24(19,20)17-25(21,22)16-9-6-12(2)10-15(16)23-13(3)18/h4-10,17H,1-3H3. The lowest BCUT2D eigenvalue weighted by Gasteiger charge is -2.12. The van der Waals surface area contributed by atoms with Crippen LogP contribution in [0.3, 0.4) is 0 Å². The second-order valence-electron chi connectivity index (χ2n) is 5.45. The van der Waals surface area contributed by atoms with E-state index >= 15 is 0 Å². The summed E-state index contributed by atoms with van der Waals surface area (Å²) in [5, 5.41) is 0. The van der Waals surface area contributed by atoms with Gasteiger partial charge in [-0.1, -0.05) is 23.8 Å². The van der Waals surface area contributed by atoms with E-state index in [1.807, 2.05) is 0 Å². The SMILES string of the molecule is CC(=O)Oc1cc(C)ccc1S(=O)(=O)NS(=O)(=O)c1ccc(C)cc1. The van der Waals surface area contributed by atoms with Crippen LogP contribution in [0.2, 0.25) is 0 Å². The van der Waals surface area contributed by atoms with Crippen LogP contribution < -0.4 is 8.86 Å². The van der Waals surface area contributed by atoms with E-state index < -0.39 is 30.9 Å². The summed E-state index contributed by atoms with van der Waals surface area (Å²) in [4.78, 5) is 10.6. The van der Waals surface area contributed by atoms with Crippen LogP contribution in [0.15, 0.2) is 52.3 Å². The molecule has 0 aromatic heterocycles. The van der Waals surface area contributed by atoms with Gasteiger partial charge in [-0.3, -0.25) is 4.79 Å². The Morgan fingerprint density at radius 1 is 0.880 bits per heavy atom. The lowest BCUT2D eigenvalue weighted by Crippen LogP contribution is -2.31. The van der Waals surface area contributed by atoms with Crippen molar-refractivity contribution in [2.45, 2.75) is 30.6 Å². The minimum Gasteiger partial charge on any atom is -0.425 e. The van der Waals surface area contributed by atoms with Crippen molar-refractivity contribution in [2.24, 2.45) is 0 Å². The summed E-state index contributed by atoms with van der Waals surface area (Å²) < 4.78 is 56.3. The van der Waals surface area contributed by atoms with E-state index in [2.05, 4.69) is 0 Å². The number of rotatable bonds is 5. The fourth-order valence-corrected chi connectivity index (χ4v) is 5.03. The van der Waals surface area contributed by atoms with Gasteiger partial charge in [0.2, 0.25) is 0 Å². The monoisotopic (exact) mass is 383 g/mol. The Morgan fingerprint density at radius 3 is 2.00 bits per heavy atom. The smallest absolute Gasteiger partial charge is 0.308 e. The highest BCUT2D eigenvalue weighted by molar-refractivity contribution is 8.04. The van der Waals surface area contributed by atoms with Crippen molar-refractivity contribution in [3.8, 4) is 5.75 Å². The van der Waals surface area contributed by atoms with Crippen molar-refractivity contribution < 1.29 is 26.4 Å². The van der Waals surface area contributed by atoms with Gasteiger partial charge in [0.25, 0.3) is 20.0 Å². The summed E-state index contributed by atoms with van der Waals surface area (Å²) in [6, 6.07) is 9.70. The second-order valence-corrected chi connectivity index (χ2v) is 9.04. The van der Waals surface area contributed by atoms with Crippen molar-refractivity contribution in [1.82, 2.24) is 4.13 Å². The number of ether oxygens (including phenoxy) is 1. The molecule has 0 saturated carbocycles. The van der Waals surface area contributed by atoms with Crippen LogP contribution in [0.5, 0.6) is 5.75 Å². The maximum Gasteiger partial charge on any atom is 0.308 e. The van der Waals surface area contributed by atoms with Crippen LogP contribution in [-0.4, -0.2) is 22.8 Å². The van der Waals surface area contributed by atoms with Gasteiger partial charge in [0.05, 0.1) is 4.90 Å². The molecule has 0 amide bonds. The lowest BCUT2D eigenvalue weighted by atomic mass is 10.2. The van der Waals surface area contributed by atoms with Gasteiger partial charge >= 0.3 is 5.97 Å². The molecular weight excluding hydrogens is 366 g/mol. The summed E-state index contributed by atoms with van der Waals surface area (Å²) in [5.41, 5.74) is 1.48. The number of esters is 1. The van der Waals surface area contributed by atoms with E-state index in [1.54, 1.807) is 30.1 Å². The highest BCUT2D eigenvalue weighted by Crippen LogP contribution is 2.26. The molecule has 0 aliphatic carbocycles. The molecule has 2 rings (SSSR count). The van der Waals surface area contributed by atoms with Crippen molar-refractivity contribution in [1.29, 1.82) is 0 Å². The van der Waals surface area contributed by atoms with Crippen LogP contribution in [0, 0.1) is 13.8 Å². The number of hydrogen-bond donors (Lipinski definition) is 1. The summed E-state index contributed by atoms with van der Waals surface area (Å²) in [6.45, 7) is 4.58. The van der Waals surface area contributed by atoms with Crippen LogP contribution in [0.4, 0.5) is 0 Å². The van der Waals surface area contributed by atoms with E-state index in [9.17, 15) is 21.6 Å². The van der Waals surface area contributed by atoms with E-state index in [4.69, 9.17) is 4.74 Å². The average Bonchev–Trinajstić information content (AvgIpc) is 2.45. The number of aryl methyl sites for hydroxylation is 2. The molecular formula is C16H17NO6S2. The maximum atomic E-state index is 12.5. The number of sulfonamides is 2. The van der Waals surface area contributed by atoms with E-state index in [1.165, 1.54) is 30.3 Å². The molecule has 0 fully saturated rings. The van der Waals surface area contributed by atoms with Gasteiger partial charge in [-0.2, -0.15) is 0 Å². The molecule has 0 saturated heterocycles. The predicted octanol–water partition coefficient (Wildman–Crippen LogP) is 1.90. The lowest BCUT2D eigenvalue weighted by molar-refractivity contribution is -0.132. The number of benzene rings is 2. The first-order chi connectivity index (χ1) is 11.5. The van der Waals surface area contributed by atoms with E-state index in [0.717, 1.165) is 12.5 Å². The third-order valence-electron chi connectivity index (χ3n) is 3.19. The second kappa shape index (κ2) is 6.95. The number of carbonyl (C=O) groups is 1. The summed E-state index contributed by atoms with van der Waals surface area (Å²) in [5.74, 6) is -0.956. The van der Waals surface area contributed by atoms with Gasteiger partial charge in [0.15, 0.2) is 5.75 Å². The predicted molar refractivity (Wildman–Crippen MR) is 91.2 cm³/mol. The topological polar surface area (TPSA) is 107 Å². The van der Waals surface area contributed by atoms with Crippen molar-refractivity contribution in [3.05, 3.63) is 53.6 Å². The molecule has 1 N–H and O–H groups in total. The van der Waals surface area contributed by atoms with E-state index in [-0.39, 0.29) is 10.6 Å². The Morgan fingerprint density at radius 2 is 1.44 bits per heavy atom. The molecule has 0 bridgehead atoms. The van der Waals surface area contributed by atoms with Gasteiger partial charge in [0.1, 0.15) is 4.90 Å². The first kappa shape index (κ1) is 19.1. The number of nitrogens with one attached hydrogen (secondary N) is 1. The Balaban J connectivity index is 2.46. The molecule has 25 heavy (non-hydrogen) atoms. The third-order valence-corrected chi connectivity index (χ3v) is 6.76. The Bertz CT molecular complexity index is 1010. The van der Waals surface area contributed by atoms with Gasteiger partial charge < -0.3 is 4.74 Å². The van der Waals surface area contributed by atoms with Crippen LogP contribution in [-0.2, 0) is 24.8 Å². The summed E-state index contributed by atoms with van der Waals surface area (Å²) in [7, 11) is -8.80. The quantitative estimate of drug-likeness (QED) is 0.624. The van der Waals surface area contributed by atoms with Gasteiger partial charge in [0, 0.05) is 6.92 Å². The van der Waals surface area contributed by atoms with Gasteiger partial charge in [-0.15, -0.1) is 4.13 Å². The Kier molecular flexibility index (Phi) is 5.31. The number of hydrogen-bond acceptors (Lipinski definition) is 6. The molecule has 9 heteroatoms. The van der Waals surface area contributed by atoms with Crippen LogP contribution >= 0.6 is 0 Å². The van der Waals surface area contributed by atoms with Gasteiger partial charge in [-0.25, -0.2) is 16.8 Å². The van der Waals surface area contributed by atoms with Crippen molar-refractivity contribution in [2.75, 3.05) is 0 Å². The molecule has 0 aliphatic heterocycles. The molecule has 7 nitrogen and oxygen atoms in total. The maximum absolute atomic E-state index is 12.5. The Labute approximate surface area is 146 Å². The first-order valence-electron chi connectivity index (χ1n) is 7.15. The molecule has 2 aromatic rings. The average molecular weight is 383 g/mol. The fraction of sp³-hybridized carbons (Fsp3) is 0.188. The van der Waals surface area contributed by atoms with Crippen molar-refractivity contribution >= 4 is 26.0 Å². The van der Waals surface area contributed by atoms with Crippen LogP contribution in [0.25, 0.3) is 0 Å². The molecule has 0 atom stereocenters. The Hall–Kier alpha value is -2.23. The highest BCUT2D eigenvalue weighted by Gasteiger charge is 2.27. The molecule has 0 aliphatic rings. The zero-order chi connectivity index (χ0) is 18.8. The number of carbonyl (C=O) groups excluding carboxylic acids is 1. The third kappa shape index (κ3) is 4.65. The van der Waals surface area contributed by atoms with Crippen molar-refractivity contribution in [3.63, 3.8) is 0 Å². The minimum atomic E-state index is -4.48. The fourth-order valence-electron chi connectivity index (χ4n) is 2.03. The molecule has 0 radical (unpaired) electrons. The zero-order valence-corrected chi connectivity index (χ0v) is 15.4. The highest BCUT2D eigenvalue weighted by atomic mass is 32.3. The summed E-state index contributed by atoms with van der Waals surface area (Å²) >= 11 is 0. The minimum absolute atomic E-state index is 0.192. The zero-order valence-electron chi connectivity index (χ0n) is 13.8. The van der Waals surface area contributed by atoms with Crippen LogP contribution in [0.1, 0.15) is 18.1 Å². The molecule has 2 aromatic carbocycles. The molecule has 0 unspecified atom stereocenters. The normalized spacial score (nSPS) is 12.0. The van der Waals surface area contributed by atoms with Gasteiger partial charge in [-0.05, 0) is 43.7 Å². The van der Waals surface area contributed by atoms with E-state index in [0.29, 0.717) is 5.56 Å². The largest absolute Gasteiger partial charge is 0.425 e. The molecule has 134 valence electrons. The first-order valence-corrected chi connectivity index (χ1v) is 10.1. The summed E-state index contributed by atoms with van der Waals surface area (Å²) in [6.07, 6.45) is 0.